The van der Waals surface area contributed by atoms with Crippen LogP contribution in [0.2, 0.25) is 0 Å². The van der Waals surface area contributed by atoms with Gasteiger partial charge in [0.05, 0.1) is 0 Å². The molecule has 1 N–H and O–H groups in total. The Bertz CT molecular complexity index is 1300. The molecule has 2 nitrogen and oxygen atoms in total. The van der Waals surface area contributed by atoms with Crippen LogP contribution >= 0.6 is 0 Å². The number of benzene rings is 3. The molecule has 0 aromatic heterocycles. The molecule has 0 spiro atoms. The van der Waals surface area contributed by atoms with Gasteiger partial charge in [-0.05, 0) is 73.3 Å². The predicted octanol–water partition coefficient (Wildman–Crippen LogP) is 8.88. The topological polar surface area (TPSA) is 29.1 Å². The van der Waals surface area contributed by atoms with E-state index in [4.69, 9.17) is 0 Å². The zero-order valence-corrected chi connectivity index (χ0v) is 20.4. The molecule has 3 heteroatoms. The normalized spacial score (nSPS) is 16.6. The highest BCUT2D eigenvalue weighted by Crippen LogP contribution is 2.41. The van der Waals surface area contributed by atoms with Crippen molar-refractivity contribution >= 4 is 28.2 Å². The number of fused-ring (bicyclic) bond motifs is 1. The fraction of sp³-hybridized carbons (Fsp3) is 0.258. The van der Waals surface area contributed by atoms with E-state index in [-0.39, 0.29) is 17.1 Å². The van der Waals surface area contributed by atoms with Crippen LogP contribution in [0, 0.1) is 5.41 Å². The van der Waals surface area contributed by atoms with E-state index in [1.165, 1.54) is 17.6 Å². The highest BCUT2D eigenvalue weighted by molar-refractivity contribution is 6.09. The summed E-state index contributed by atoms with van der Waals surface area (Å²) >= 11 is 0. The van der Waals surface area contributed by atoms with Gasteiger partial charge in [0.25, 0.3) is 5.91 Å². The summed E-state index contributed by atoms with van der Waals surface area (Å²) in [6, 6.07) is 20.4. The summed E-state index contributed by atoms with van der Waals surface area (Å²) < 4.78 is 15.1. The van der Waals surface area contributed by atoms with Gasteiger partial charge in [0.1, 0.15) is 5.83 Å². The van der Waals surface area contributed by atoms with Crippen molar-refractivity contribution in [2.24, 2.45) is 5.41 Å². The van der Waals surface area contributed by atoms with Crippen molar-refractivity contribution in [1.82, 2.24) is 0 Å². The molecule has 0 saturated carbocycles. The van der Waals surface area contributed by atoms with Gasteiger partial charge in [-0.1, -0.05) is 80.1 Å². The minimum atomic E-state index is -0.274. The van der Waals surface area contributed by atoms with Crippen molar-refractivity contribution in [2.75, 3.05) is 5.32 Å². The van der Waals surface area contributed by atoms with E-state index < -0.39 is 0 Å². The molecule has 34 heavy (non-hydrogen) atoms. The highest BCUT2D eigenvalue weighted by atomic mass is 19.1. The first-order valence-corrected chi connectivity index (χ1v) is 11.9. The number of amides is 1. The Balaban J connectivity index is 1.51. The van der Waals surface area contributed by atoms with E-state index in [2.05, 4.69) is 32.2 Å². The van der Waals surface area contributed by atoms with Gasteiger partial charge in [-0.15, -0.1) is 0 Å². The predicted molar refractivity (Wildman–Crippen MR) is 142 cm³/mol. The van der Waals surface area contributed by atoms with E-state index >= 15 is 4.39 Å². The molecule has 0 atom stereocenters. The average molecular weight is 454 g/mol. The van der Waals surface area contributed by atoms with Crippen molar-refractivity contribution in [2.45, 2.75) is 47.0 Å². The number of anilines is 1. The van der Waals surface area contributed by atoms with Gasteiger partial charge < -0.3 is 5.32 Å². The lowest BCUT2D eigenvalue weighted by atomic mass is 9.72. The number of nitrogens with one attached hydrogen (secondary N) is 1. The Kier molecular flexibility index (Phi) is 6.83. The van der Waals surface area contributed by atoms with Crippen LogP contribution < -0.4 is 5.32 Å². The molecule has 0 aliphatic heterocycles. The number of carbonyl (C=O) groups is 1. The summed E-state index contributed by atoms with van der Waals surface area (Å²) in [6.07, 6.45) is 7.42. The second-order valence-corrected chi connectivity index (χ2v) is 9.82. The Hall–Kier alpha value is -3.46. The molecule has 0 bridgehead atoms. The van der Waals surface area contributed by atoms with Crippen LogP contribution in [0.4, 0.5) is 10.1 Å². The second kappa shape index (κ2) is 9.80. The summed E-state index contributed by atoms with van der Waals surface area (Å²) in [5, 5.41) is 5.03. The first-order chi connectivity index (χ1) is 16.3. The first kappa shape index (κ1) is 23.7. The van der Waals surface area contributed by atoms with Gasteiger partial charge in [-0.2, -0.15) is 0 Å². The van der Waals surface area contributed by atoms with Crippen LogP contribution in [-0.4, -0.2) is 5.91 Å². The Morgan fingerprint density at radius 1 is 0.971 bits per heavy atom. The average Bonchev–Trinajstić information content (AvgIpc) is 2.83. The van der Waals surface area contributed by atoms with Crippen LogP contribution in [0.5, 0.6) is 0 Å². The molecule has 0 heterocycles. The Labute approximate surface area is 201 Å². The van der Waals surface area contributed by atoms with Gasteiger partial charge >= 0.3 is 0 Å². The minimum absolute atomic E-state index is 0.120. The zero-order chi connectivity index (χ0) is 24.3. The lowest BCUT2D eigenvalue weighted by Gasteiger charge is -2.33. The van der Waals surface area contributed by atoms with Gasteiger partial charge in [0, 0.05) is 22.2 Å². The maximum atomic E-state index is 15.1. The third-order valence-electron chi connectivity index (χ3n) is 6.83. The molecule has 0 fully saturated rings. The molecule has 0 radical (unpaired) electrons. The Morgan fingerprint density at radius 2 is 1.65 bits per heavy atom. The first-order valence-electron chi connectivity index (χ1n) is 11.9. The number of hydrogen-bond donors (Lipinski definition) is 1. The summed E-state index contributed by atoms with van der Waals surface area (Å²) in [5.74, 6) is -0.491. The van der Waals surface area contributed by atoms with Gasteiger partial charge in [0.2, 0.25) is 0 Å². The van der Waals surface area contributed by atoms with Gasteiger partial charge in [0.15, 0.2) is 0 Å². The third kappa shape index (κ3) is 5.04. The summed E-state index contributed by atoms with van der Waals surface area (Å²) in [6.45, 7) is 8.48. The van der Waals surface area contributed by atoms with Crippen molar-refractivity contribution in [3.63, 3.8) is 0 Å². The van der Waals surface area contributed by atoms with E-state index in [1.807, 2.05) is 48.5 Å². The molecule has 1 aliphatic carbocycles. The number of rotatable bonds is 5. The van der Waals surface area contributed by atoms with Crippen LogP contribution in [0.15, 0.2) is 95.6 Å². The molecular formula is C31H32FNO. The van der Waals surface area contributed by atoms with Crippen molar-refractivity contribution in [3.05, 3.63) is 107 Å². The number of hydrogen-bond acceptors (Lipinski definition) is 1. The zero-order valence-electron chi connectivity index (χ0n) is 20.4. The molecular weight excluding hydrogens is 421 g/mol. The van der Waals surface area contributed by atoms with Crippen LogP contribution in [0.3, 0.4) is 0 Å². The minimum Gasteiger partial charge on any atom is -0.321 e. The lowest BCUT2D eigenvalue weighted by Crippen LogP contribution is -2.19. The largest absolute Gasteiger partial charge is 0.321 e. The van der Waals surface area contributed by atoms with Gasteiger partial charge in [-0.3, -0.25) is 4.79 Å². The molecule has 0 unspecified atom stereocenters. The van der Waals surface area contributed by atoms with E-state index in [0.717, 1.165) is 29.3 Å². The Morgan fingerprint density at radius 3 is 2.38 bits per heavy atom. The van der Waals surface area contributed by atoms with E-state index in [0.29, 0.717) is 16.7 Å². The second-order valence-electron chi connectivity index (χ2n) is 9.82. The van der Waals surface area contributed by atoms with Gasteiger partial charge in [-0.25, -0.2) is 4.39 Å². The maximum Gasteiger partial charge on any atom is 0.255 e. The van der Waals surface area contributed by atoms with Crippen LogP contribution in [0.1, 0.15) is 62.9 Å². The SMILES string of the molecule is CC1=C(/C=C/C(C)=C(\F)c2ccc(C(=O)Nc3cccc4ccccc34)cc2)C(C)(C)CCC1. The number of allylic oxidation sites excluding steroid dienone is 5. The van der Waals surface area contributed by atoms with Crippen LogP contribution in [0.25, 0.3) is 16.6 Å². The maximum absolute atomic E-state index is 15.1. The van der Waals surface area contributed by atoms with Crippen LogP contribution in [-0.2, 0) is 0 Å². The molecule has 1 amide bonds. The quantitative estimate of drug-likeness (QED) is 0.384. The standard InChI is InChI=1S/C31H32FNO/c1-21-9-8-20-31(3,4)27(21)19-14-22(2)29(32)24-15-17-25(18-16-24)30(34)33-28-13-7-11-23-10-5-6-12-26(23)28/h5-7,10-19H,8-9,20H2,1-4H3,(H,33,34)/b19-14+,29-22-. The molecule has 3 aromatic rings. The number of halogens is 1. The fourth-order valence-electron chi connectivity index (χ4n) is 4.82. The summed E-state index contributed by atoms with van der Waals surface area (Å²) in [4.78, 5) is 12.8. The molecule has 0 saturated heterocycles. The molecule has 3 aromatic carbocycles. The summed E-state index contributed by atoms with van der Waals surface area (Å²) in [5.41, 5.74) is 5.12. The third-order valence-corrected chi connectivity index (χ3v) is 6.83. The molecule has 4 rings (SSSR count). The van der Waals surface area contributed by atoms with Crippen molar-refractivity contribution in [1.29, 1.82) is 0 Å². The monoisotopic (exact) mass is 453 g/mol. The molecule has 1 aliphatic rings. The fourth-order valence-corrected chi connectivity index (χ4v) is 4.82. The van der Waals surface area contributed by atoms with E-state index in [9.17, 15) is 4.79 Å². The van der Waals surface area contributed by atoms with Crippen molar-refractivity contribution in [3.8, 4) is 0 Å². The highest BCUT2D eigenvalue weighted by Gasteiger charge is 2.26. The van der Waals surface area contributed by atoms with E-state index in [1.54, 1.807) is 31.2 Å². The van der Waals surface area contributed by atoms with Crippen molar-refractivity contribution < 1.29 is 9.18 Å². The molecule has 174 valence electrons. The smallest absolute Gasteiger partial charge is 0.255 e. The summed E-state index contributed by atoms with van der Waals surface area (Å²) in [7, 11) is 0. The lowest BCUT2D eigenvalue weighted by molar-refractivity contribution is 0.102. The number of carbonyl (C=O) groups excluding carboxylic acids is 1.